The van der Waals surface area contributed by atoms with Gasteiger partial charge in [0.05, 0.1) is 12.1 Å². The van der Waals surface area contributed by atoms with Crippen LogP contribution >= 0.6 is 34.7 Å². The Morgan fingerprint density at radius 3 is 2.72 bits per heavy atom. The summed E-state index contributed by atoms with van der Waals surface area (Å²) in [6.07, 6.45) is 0.296. The first-order chi connectivity index (χ1) is 12.1. The van der Waals surface area contributed by atoms with Gasteiger partial charge in [0.2, 0.25) is 5.91 Å². The normalized spacial score (nSPS) is 10.6. The molecule has 1 heterocycles. The van der Waals surface area contributed by atoms with Gasteiger partial charge in [-0.05, 0) is 42.8 Å². The zero-order valence-electron chi connectivity index (χ0n) is 13.7. The second-order valence-electron chi connectivity index (χ2n) is 5.52. The van der Waals surface area contributed by atoms with E-state index in [2.05, 4.69) is 10.3 Å². The number of aryl methyl sites for hydroxylation is 1. The predicted octanol–water partition coefficient (Wildman–Crippen LogP) is 5.58. The van der Waals surface area contributed by atoms with Gasteiger partial charge in [0.1, 0.15) is 5.01 Å². The third kappa shape index (κ3) is 5.33. The number of rotatable bonds is 6. The molecule has 25 heavy (non-hydrogen) atoms. The summed E-state index contributed by atoms with van der Waals surface area (Å²) in [5.74, 6) is 0.734. The molecule has 0 saturated heterocycles. The van der Waals surface area contributed by atoms with Crippen molar-refractivity contribution in [3.05, 3.63) is 75.2 Å². The fourth-order valence-corrected chi connectivity index (χ4v) is 4.04. The zero-order chi connectivity index (χ0) is 17.6. The lowest BCUT2D eigenvalue weighted by molar-refractivity contribution is -0.115. The second-order valence-corrected chi connectivity index (χ2v) is 7.94. The Morgan fingerprint density at radius 2 is 1.96 bits per heavy atom. The summed E-state index contributed by atoms with van der Waals surface area (Å²) < 4.78 is 0. The average Bonchev–Trinajstić information content (AvgIpc) is 3.04. The molecule has 0 aliphatic heterocycles. The highest BCUT2D eigenvalue weighted by Crippen LogP contribution is 2.25. The summed E-state index contributed by atoms with van der Waals surface area (Å²) in [6.45, 7) is 1.98. The standard InChI is InChI=1S/C19H17ClN2OS2/c1-13-4-2-3-5-17(13)22-18(23)10-19-21-15(12-25-19)11-24-16-8-6-14(20)7-9-16/h2-9,12H,10-11H2,1H3,(H,22,23). The molecule has 0 unspecified atom stereocenters. The molecule has 0 aliphatic carbocycles. The second kappa shape index (κ2) is 8.52. The van der Waals surface area contributed by atoms with Crippen molar-refractivity contribution in [3.8, 4) is 0 Å². The summed E-state index contributed by atoms with van der Waals surface area (Å²) in [4.78, 5) is 17.9. The Hall–Kier alpha value is -1.82. The van der Waals surface area contributed by atoms with Gasteiger partial charge in [0.25, 0.3) is 0 Å². The molecule has 1 amide bonds. The van der Waals surface area contributed by atoms with E-state index in [4.69, 9.17) is 11.6 Å². The summed E-state index contributed by atoms with van der Waals surface area (Å²) in [7, 11) is 0. The highest BCUT2D eigenvalue weighted by molar-refractivity contribution is 7.98. The van der Waals surface area contributed by atoms with Gasteiger partial charge < -0.3 is 5.32 Å². The van der Waals surface area contributed by atoms with Crippen molar-refractivity contribution in [2.75, 3.05) is 5.32 Å². The molecule has 0 aliphatic rings. The summed E-state index contributed by atoms with van der Waals surface area (Å²) in [6, 6.07) is 15.5. The Balaban J connectivity index is 1.53. The number of thioether (sulfide) groups is 1. The fourth-order valence-electron chi connectivity index (χ4n) is 2.23. The Labute approximate surface area is 160 Å². The van der Waals surface area contributed by atoms with Gasteiger partial charge in [-0.2, -0.15) is 0 Å². The van der Waals surface area contributed by atoms with E-state index in [1.807, 2.05) is 60.8 Å². The number of anilines is 1. The van der Waals surface area contributed by atoms with Gasteiger partial charge in [0, 0.05) is 26.7 Å². The van der Waals surface area contributed by atoms with Crippen LogP contribution in [0.4, 0.5) is 5.69 Å². The minimum Gasteiger partial charge on any atom is -0.325 e. The molecule has 0 saturated carbocycles. The van der Waals surface area contributed by atoms with Crippen LogP contribution in [0.15, 0.2) is 58.8 Å². The highest BCUT2D eigenvalue weighted by atomic mass is 35.5. The number of carbonyl (C=O) groups excluding carboxylic acids is 1. The van der Waals surface area contributed by atoms with E-state index in [1.54, 1.807) is 11.8 Å². The van der Waals surface area contributed by atoms with Crippen LogP contribution < -0.4 is 5.32 Å². The van der Waals surface area contributed by atoms with Crippen molar-refractivity contribution in [1.82, 2.24) is 4.98 Å². The number of aromatic nitrogens is 1. The van der Waals surface area contributed by atoms with Crippen LogP contribution in [0.5, 0.6) is 0 Å². The van der Waals surface area contributed by atoms with Gasteiger partial charge in [-0.25, -0.2) is 4.98 Å². The number of nitrogens with one attached hydrogen (secondary N) is 1. The molecule has 3 nitrogen and oxygen atoms in total. The van der Waals surface area contributed by atoms with Crippen molar-refractivity contribution in [3.63, 3.8) is 0 Å². The van der Waals surface area contributed by atoms with Crippen LogP contribution in [0, 0.1) is 6.92 Å². The lowest BCUT2D eigenvalue weighted by Gasteiger charge is -2.06. The van der Waals surface area contributed by atoms with E-state index in [0.717, 1.165) is 37.6 Å². The Bertz CT molecular complexity index is 862. The molecule has 1 aromatic heterocycles. The number of hydrogen-bond donors (Lipinski definition) is 1. The van der Waals surface area contributed by atoms with Crippen LogP contribution in [0.1, 0.15) is 16.3 Å². The third-order valence-electron chi connectivity index (χ3n) is 3.53. The number of thiazole rings is 1. The molecule has 0 radical (unpaired) electrons. The van der Waals surface area contributed by atoms with Crippen molar-refractivity contribution in [2.24, 2.45) is 0 Å². The van der Waals surface area contributed by atoms with Gasteiger partial charge in [0.15, 0.2) is 0 Å². The SMILES string of the molecule is Cc1ccccc1NC(=O)Cc1nc(CSc2ccc(Cl)cc2)cs1. The largest absolute Gasteiger partial charge is 0.325 e. The van der Waals surface area contributed by atoms with E-state index in [0.29, 0.717) is 6.42 Å². The number of benzene rings is 2. The third-order valence-corrected chi connectivity index (χ3v) is 5.73. The number of hydrogen-bond acceptors (Lipinski definition) is 4. The first-order valence-electron chi connectivity index (χ1n) is 7.77. The van der Waals surface area contributed by atoms with Crippen molar-refractivity contribution in [1.29, 1.82) is 0 Å². The maximum absolute atomic E-state index is 12.2. The van der Waals surface area contributed by atoms with Gasteiger partial charge in [-0.3, -0.25) is 4.79 Å². The van der Waals surface area contributed by atoms with E-state index in [9.17, 15) is 4.79 Å². The van der Waals surface area contributed by atoms with E-state index in [1.165, 1.54) is 11.3 Å². The van der Waals surface area contributed by atoms with Crippen molar-refractivity contribution < 1.29 is 4.79 Å². The number of para-hydroxylation sites is 1. The van der Waals surface area contributed by atoms with Crippen LogP contribution in [-0.2, 0) is 17.0 Å². The molecule has 3 aromatic rings. The van der Waals surface area contributed by atoms with Crippen LogP contribution in [-0.4, -0.2) is 10.9 Å². The number of amides is 1. The molecule has 0 fully saturated rings. The van der Waals surface area contributed by atoms with Gasteiger partial charge in [-0.1, -0.05) is 29.8 Å². The van der Waals surface area contributed by atoms with Crippen LogP contribution in [0.2, 0.25) is 5.02 Å². The van der Waals surface area contributed by atoms with Crippen molar-refractivity contribution >= 4 is 46.3 Å². The quantitative estimate of drug-likeness (QED) is 0.560. The number of nitrogens with zero attached hydrogens (tertiary/aromatic N) is 1. The van der Waals surface area contributed by atoms with Gasteiger partial charge >= 0.3 is 0 Å². The highest BCUT2D eigenvalue weighted by Gasteiger charge is 2.09. The molecule has 6 heteroatoms. The smallest absolute Gasteiger partial charge is 0.231 e. The first kappa shape index (κ1) is 18.0. The average molecular weight is 389 g/mol. The first-order valence-corrected chi connectivity index (χ1v) is 10.0. The number of halogens is 1. The van der Waals surface area contributed by atoms with Crippen molar-refractivity contribution in [2.45, 2.75) is 24.0 Å². The Kier molecular flexibility index (Phi) is 6.13. The number of carbonyl (C=O) groups is 1. The predicted molar refractivity (Wildman–Crippen MR) is 107 cm³/mol. The van der Waals surface area contributed by atoms with E-state index < -0.39 is 0 Å². The molecule has 0 atom stereocenters. The Morgan fingerprint density at radius 1 is 1.20 bits per heavy atom. The molecule has 0 bridgehead atoms. The summed E-state index contributed by atoms with van der Waals surface area (Å²) in [5.41, 5.74) is 2.89. The topological polar surface area (TPSA) is 42.0 Å². The summed E-state index contributed by atoms with van der Waals surface area (Å²) >= 11 is 9.12. The van der Waals surface area contributed by atoms with Crippen LogP contribution in [0.3, 0.4) is 0 Å². The summed E-state index contributed by atoms with van der Waals surface area (Å²) in [5, 5.41) is 6.52. The minimum absolute atomic E-state index is 0.0412. The molecule has 1 N–H and O–H groups in total. The maximum atomic E-state index is 12.2. The van der Waals surface area contributed by atoms with E-state index in [-0.39, 0.29) is 5.91 Å². The zero-order valence-corrected chi connectivity index (χ0v) is 16.0. The minimum atomic E-state index is -0.0412. The monoisotopic (exact) mass is 388 g/mol. The molecule has 2 aromatic carbocycles. The molecular weight excluding hydrogens is 372 g/mol. The van der Waals surface area contributed by atoms with E-state index >= 15 is 0 Å². The molecule has 128 valence electrons. The lowest BCUT2D eigenvalue weighted by Crippen LogP contribution is -2.15. The van der Waals surface area contributed by atoms with Crippen LogP contribution in [0.25, 0.3) is 0 Å². The molecule has 3 rings (SSSR count). The maximum Gasteiger partial charge on any atom is 0.231 e. The molecular formula is C19H17ClN2OS2. The molecule has 0 spiro atoms. The lowest BCUT2D eigenvalue weighted by atomic mass is 10.2. The van der Waals surface area contributed by atoms with Gasteiger partial charge in [-0.15, -0.1) is 23.1 Å². The fraction of sp³-hybridized carbons (Fsp3) is 0.158.